The van der Waals surface area contributed by atoms with E-state index in [1.54, 1.807) is 54.6 Å². The van der Waals surface area contributed by atoms with Crippen molar-refractivity contribution in [2.75, 3.05) is 36.9 Å². The second kappa shape index (κ2) is 11.6. The summed E-state index contributed by atoms with van der Waals surface area (Å²) in [5.41, 5.74) is 0.355. The molecule has 10 heteroatoms. The van der Waals surface area contributed by atoms with E-state index in [1.807, 2.05) is 31.4 Å². The van der Waals surface area contributed by atoms with Gasteiger partial charge < -0.3 is 19.5 Å². The number of carbonyl (C=O) groups is 1. The number of carbonyl (C=O) groups excluding carboxylic acids is 1. The second-order valence-corrected chi connectivity index (χ2v) is 10.7. The van der Waals surface area contributed by atoms with Crippen LogP contribution in [0.5, 0.6) is 17.2 Å². The Morgan fingerprint density at radius 3 is 2.42 bits per heavy atom. The molecule has 3 aromatic rings. The largest absolute Gasteiger partial charge is 0.494 e. The summed E-state index contributed by atoms with van der Waals surface area (Å²) < 4.78 is 45.3. The molecule has 3 aromatic carbocycles. The molecule has 1 unspecified atom stereocenters. The van der Waals surface area contributed by atoms with Crippen molar-refractivity contribution >= 4 is 33.4 Å². The molecule has 0 aliphatic carbocycles. The third kappa shape index (κ3) is 6.06. The normalized spacial score (nSPS) is 14.7. The standard InChI is InChI=1S/C26H28N2O6S2/c1-3-32-20-10-8-19(9-11-20)28(36(30,31)23-14-12-22(35-2)13-15-23)17-26(29)27-16-21-18-33-24-6-4-5-7-25(24)34-21/h4-15,21H,3,16-18H2,1-2H3,(H,27,29). The van der Waals surface area contributed by atoms with Crippen LogP contribution in [0.15, 0.2) is 82.6 Å². The quantitative estimate of drug-likeness (QED) is 0.398. The van der Waals surface area contributed by atoms with Crippen molar-refractivity contribution in [1.29, 1.82) is 0 Å². The topological polar surface area (TPSA) is 94.2 Å². The zero-order valence-electron chi connectivity index (χ0n) is 20.0. The molecule has 1 atom stereocenters. The molecule has 190 valence electrons. The van der Waals surface area contributed by atoms with Crippen LogP contribution in [0.1, 0.15) is 6.92 Å². The van der Waals surface area contributed by atoms with Crippen LogP contribution in [0.4, 0.5) is 5.69 Å². The third-order valence-corrected chi connectivity index (χ3v) is 8.00. The Morgan fingerprint density at radius 2 is 1.75 bits per heavy atom. The van der Waals surface area contributed by atoms with Crippen LogP contribution in [0.2, 0.25) is 0 Å². The van der Waals surface area contributed by atoms with Crippen molar-refractivity contribution in [2.45, 2.75) is 22.8 Å². The summed E-state index contributed by atoms with van der Waals surface area (Å²) in [6.07, 6.45) is 1.53. The Balaban J connectivity index is 1.50. The predicted octanol–water partition coefficient (Wildman–Crippen LogP) is 3.96. The van der Waals surface area contributed by atoms with Crippen LogP contribution in [0.25, 0.3) is 0 Å². The average Bonchev–Trinajstić information content (AvgIpc) is 2.91. The highest BCUT2D eigenvalue weighted by Gasteiger charge is 2.28. The van der Waals surface area contributed by atoms with E-state index in [2.05, 4.69) is 5.32 Å². The molecule has 0 saturated carbocycles. The first kappa shape index (κ1) is 25.7. The molecule has 1 aliphatic heterocycles. The van der Waals surface area contributed by atoms with Crippen LogP contribution < -0.4 is 23.8 Å². The van der Waals surface area contributed by atoms with Crippen molar-refractivity contribution in [3.05, 3.63) is 72.8 Å². The van der Waals surface area contributed by atoms with Crippen LogP contribution in [0.3, 0.4) is 0 Å². The van der Waals surface area contributed by atoms with Crippen LogP contribution in [-0.4, -0.2) is 53.0 Å². The first-order chi connectivity index (χ1) is 17.4. The lowest BCUT2D eigenvalue weighted by Crippen LogP contribution is -2.45. The number of sulfonamides is 1. The summed E-state index contributed by atoms with van der Waals surface area (Å²) in [5.74, 6) is 1.41. The van der Waals surface area contributed by atoms with E-state index in [4.69, 9.17) is 14.2 Å². The summed E-state index contributed by atoms with van der Waals surface area (Å²) in [4.78, 5) is 14.0. The van der Waals surface area contributed by atoms with Crippen molar-refractivity contribution in [1.82, 2.24) is 5.32 Å². The molecule has 0 spiro atoms. The number of fused-ring (bicyclic) bond motifs is 1. The number of thioether (sulfide) groups is 1. The van der Waals surface area contributed by atoms with Crippen molar-refractivity contribution in [3.63, 3.8) is 0 Å². The minimum Gasteiger partial charge on any atom is -0.494 e. The van der Waals surface area contributed by atoms with E-state index >= 15 is 0 Å². The molecule has 0 fully saturated rings. The predicted molar refractivity (Wildman–Crippen MR) is 140 cm³/mol. The lowest BCUT2D eigenvalue weighted by Gasteiger charge is -2.27. The van der Waals surface area contributed by atoms with Gasteiger partial charge in [0.1, 0.15) is 25.0 Å². The first-order valence-corrected chi connectivity index (χ1v) is 14.1. The van der Waals surface area contributed by atoms with Crippen LogP contribution in [0, 0.1) is 0 Å². The maximum atomic E-state index is 13.6. The van der Waals surface area contributed by atoms with Gasteiger partial charge in [0.15, 0.2) is 11.5 Å². The van der Waals surface area contributed by atoms with Crippen molar-refractivity contribution in [3.8, 4) is 17.2 Å². The Morgan fingerprint density at radius 1 is 1.06 bits per heavy atom. The molecular weight excluding hydrogens is 500 g/mol. The average molecular weight is 529 g/mol. The Kier molecular flexibility index (Phi) is 8.27. The highest BCUT2D eigenvalue weighted by molar-refractivity contribution is 7.98. The Labute approximate surface area is 215 Å². The van der Waals surface area contributed by atoms with Gasteiger partial charge in [-0.05, 0) is 73.8 Å². The smallest absolute Gasteiger partial charge is 0.264 e. The van der Waals surface area contributed by atoms with Crippen molar-refractivity contribution < 1.29 is 27.4 Å². The summed E-state index contributed by atoms with van der Waals surface area (Å²) in [6.45, 7) is 2.41. The fourth-order valence-corrected chi connectivity index (χ4v) is 5.47. The second-order valence-electron chi connectivity index (χ2n) is 7.92. The van der Waals surface area contributed by atoms with Crippen LogP contribution in [-0.2, 0) is 14.8 Å². The molecule has 0 saturated heterocycles. The number of nitrogens with zero attached hydrogens (tertiary/aromatic N) is 1. The number of ether oxygens (including phenoxy) is 3. The molecule has 8 nitrogen and oxygen atoms in total. The molecule has 0 aromatic heterocycles. The maximum Gasteiger partial charge on any atom is 0.264 e. The molecule has 1 aliphatic rings. The number of benzene rings is 3. The number of nitrogens with one attached hydrogen (secondary N) is 1. The van der Waals surface area contributed by atoms with Crippen LogP contribution >= 0.6 is 11.8 Å². The van der Waals surface area contributed by atoms with Gasteiger partial charge in [0.2, 0.25) is 5.91 Å². The summed E-state index contributed by atoms with van der Waals surface area (Å²) >= 11 is 1.52. The summed E-state index contributed by atoms with van der Waals surface area (Å²) in [5, 5.41) is 2.78. The number of para-hydroxylation sites is 2. The molecule has 1 amide bonds. The summed E-state index contributed by atoms with van der Waals surface area (Å²) in [6, 6.07) is 20.5. The van der Waals surface area contributed by atoms with Gasteiger partial charge in [0.05, 0.1) is 23.7 Å². The molecule has 1 N–H and O–H groups in total. The fraction of sp³-hybridized carbons (Fsp3) is 0.269. The molecule has 1 heterocycles. The Hall–Kier alpha value is -3.37. The van der Waals surface area contributed by atoms with Gasteiger partial charge in [-0.25, -0.2) is 8.42 Å². The van der Waals surface area contributed by atoms with Gasteiger partial charge in [-0.15, -0.1) is 11.8 Å². The number of hydrogen-bond donors (Lipinski definition) is 1. The minimum absolute atomic E-state index is 0.0996. The zero-order valence-corrected chi connectivity index (χ0v) is 21.7. The SMILES string of the molecule is CCOc1ccc(N(CC(=O)NCC2COc3ccccc3O2)S(=O)(=O)c2ccc(SC)cc2)cc1. The number of hydrogen-bond acceptors (Lipinski definition) is 7. The van der Waals surface area contributed by atoms with E-state index in [1.165, 1.54) is 11.8 Å². The van der Waals surface area contributed by atoms with Gasteiger partial charge >= 0.3 is 0 Å². The zero-order chi connectivity index (χ0) is 25.5. The van der Waals surface area contributed by atoms with Gasteiger partial charge in [0, 0.05) is 4.90 Å². The number of anilines is 1. The van der Waals surface area contributed by atoms with E-state index in [9.17, 15) is 13.2 Å². The molecule has 36 heavy (non-hydrogen) atoms. The number of amides is 1. The number of rotatable bonds is 10. The van der Waals surface area contributed by atoms with Gasteiger partial charge in [-0.3, -0.25) is 9.10 Å². The monoisotopic (exact) mass is 528 g/mol. The minimum atomic E-state index is -4.02. The molecule has 0 bridgehead atoms. The van der Waals surface area contributed by atoms with Gasteiger partial charge in [0.25, 0.3) is 10.0 Å². The maximum absolute atomic E-state index is 13.6. The fourth-order valence-electron chi connectivity index (χ4n) is 3.64. The van der Waals surface area contributed by atoms with Gasteiger partial charge in [-0.1, -0.05) is 12.1 Å². The molecular formula is C26H28N2O6S2. The van der Waals surface area contributed by atoms with E-state index in [0.29, 0.717) is 29.5 Å². The summed E-state index contributed by atoms with van der Waals surface area (Å²) in [7, 11) is -4.02. The molecule has 0 radical (unpaired) electrons. The third-order valence-electron chi connectivity index (χ3n) is 5.46. The Bertz CT molecular complexity index is 1280. The highest BCUT2D eigenvalue weighted by Crippen LogP contribution is 2.31. The first-order valence-electron chi connectivity index (χ1n) is 11.5. The lowest BCUT2D eigenvalue weighted by molar-refractivity contribution is -0.120. The van der Waals surface area contributed by atoms with E-state index in [0.717, 1.165) is 9.20 Å². The molecule has 4 rings (SSSR count). The van der Waals surface area contributed by atoms with Crippen molar-refractivity contribution in [2.24, 2.45) is 0 Å². The van der Waals surface area contributed by atoms with E-state index in [-0.39, 0.29) is 18.0 Å². The lowest BCUT2D eigenvalue weighted by atomic mass is 10.2. The van der Waals surface area contributed by atoms with Gasteiger partial charge in [-0.2, -0.15) is 0 Å². The van der Waals surface area contributed by atoms with E-state index < -0.39 is 28.6 Å². The highest BCUT2D eigenvalue weighted by atomic mass is 32.2.